The van der Waals surface area contributed by atoms with E-state index in [0.29, 0.717) is 18.8 Å². The molecule has 1 heterocycles. The van der Waals surface area contributed by atoms with Crippen LogP contribution in [0, 0.1) is 0 Å². The number of amides is 1. The van der Waals surface area contributed by atoms with Crippen LogP contribution in [-0.2, 0) is 6.42 Å². The molecule has 2 rings (SSSR count). The molecule has 5 heteroatoms. The zero-order chi connectivity index (χ0) is 14.5. The molecule has 20 heavy (non-hydrogen) atoms. The topological polar surface area (TPSA) is 73.0 Å². The Hall–Kier alpha value is -2.01. The van der Waals surface area contributed by atoms with Crippen LogP contribution < -0.4 is 10.5 Å². The average Bonchev–Trinajstić information content (AvgIpc) is 2.83. The highest BCUT2D eigenvalue weighted by Crippen LogP contribution is 2.24. The van der Waals surface area contributed by atoms with E-state index < -0.39 is 0 Å². The number of nitrogens with zero attached hydrogens (tertiary/aromatic N) is 1. The Bertz CT molecular complexity index is 588. The summed E-state index contributed by atoms with van der Waals surface area (Å²) in [5.74, 6) is 0.583. The number of aromatic nitrogens is 1. The minimum atomic E-state index is -0.302. The highest BCUT2D eigenvalue weighted by atomic mass is 16.6. The van der Waals surface area contributed by atoms with Crippen LogP contribution in [0.15, 0.2) is 24.4 Å². The zero-order valence-corrected chi connectivity index (χ0v) is 12.1. The highest BCUT2D eigenvalue weighted by Gasteiger charge is 2.13. The van der Waals surface area contributed by atoms with Crippen molar-refractivity contribution in [2.45, 2.75) is 20.3 Å². The second kappa shape index (κ2) is 6.43. The molecule has 4 N–H and O–H groups in total. The van der Waals surface area contributed by atoms with Crippen LogP contribution >= 0.6 is 0 Å². The summed E-state index contributed by atoms with van der Waals surface area (Å²) in [6.07, 6.45) is 2.60. The summed E-state index contributed by atoms with van der Waals surface area (Å²) in [7, 11) is 0. The van der Waals surface area contributed by atoms with Crippen molar-refractivity contribution >= 4 is 17.0 Å². The van der Waals surface area contributed by atoms with Gasteiger partial charge in [-0.15, -0.1) is 0 Å². The van der Waals surface area contributed by atoms with Crippen LogP contribution in [0.2, 0.25) is 0 Å². The van der Waals surface area contributed by atoms with Gasteiger partial charge in [0.2, 0.25) is 0 Å². The molecular weight excluding hydrogens is 254 g/mol. The Balaban J connectivity index is 2.22. The van der Waals surface area contributed by atoms with Crippen molar-refractivity contribution in [2.24, 2.45) is 0 Å². The molecular formula is C15H22N3O2+. The van der Waals surface area contributed by atoms with E-state index in [1.54, 1.807) is 4.90 Å². The molecule has 108 valence electrons. The van der Waals surface area contributed by atoms with Crippen molar-refractivity contribution in [1.82, 2.24) is 9.88 Å². The van der Waals surface area contributed by atoms with Gasteiger partial charge in [0.1, 0.15) is 5.75 Å². The summed E-state index contributed by atoms with van der Waals surface area (Å²) in [6, 6.07) is 5.67. The summed E-state index contributed by atoms with van der Waals surface area (Å²) in [5, 5.41) is 1.10. The van der Waals surface area contributed by atoms with E-state index in [2.05, 4.69) is 10.7 Å². The van der Waals surface area contributed by atoms with Crippen LogP contribution in [0.25, 0.3) is 10.9 Å². The van der Waals surface area contributed by atoms with Crippen molar-refractivity contribution in [3.05, 3.63) is 30.0 Å². The molecule has 0 atom stereocenters. The number of nitrogens with one attached hydrogen (secondary N) is 1. The van der Waals surface area contributed by atoms with Gasteiger partial charge in [-0.05, 0) is 37.6 Å². The molecule has 0 radical (unpaired) electrons. The molecule has 1 aromatic carbocycles. The molecule has 0 saturated heterocycles. The molecule has 0 aliphatic carbocycles. The fourth-order valence-electron chi connectivity index (χ4n) is 2.27. The van der Waals surface area contributed by atoms with Crippen LogP contribution in [0.4, 0.5) is 4.79 Å². The largest absolute Gasteiger partial charge is 0.415 e. The summed E-state index contributed by atoms with van der Waals surface area (Å²) in [4.78, 5) is 16.8. The van der Waals surface area contributed by atoms with Gasteiger partial charge in [0.25, 0.3) is 0 Å². The number of hydrogen-bond acceptors (Lipinski definition) is 2. The lowest BCUT2D eigenvalue weighted by Crippen LogP contribution is -2.51. The predicted octanol–water partition coefficient (Wildman–Crippen LogP) is 1.79. The lowest BCUT2D eigenvalue weighted by Gasteiger charge is -2.17. The lowest BCUT2D eigenvalue weighted by molar-refractivity contribution is -0.366. The molecule has 2 aromatic rings. The average molecular weight is 276 g/mol. The number of carbonyl (C=O) groups excluding carboxylic acids is 1. The monoisotopic (exact) mass is 276 g/mol. The quantitative estimate of drug-likeness (QED) is 0.874. The fourth-order valence-corrected chi connectivity index (χ4v) is 2.27. The molecule has 5 nitrogen and oxygen atoms in total. The molecule has 0 saturated carbocycles. The van der Waals surface area contributed by atoms with E-state index >= 15 is 0 Å². The Morgan fingerprint density at radius 1 is 1.35 bits per heavy atom. The van der Waals surface area contributed by atoms with Crippen molar-refractivity contribution in [3.63, 3.8) is 0 Å². The second-order valence-electron chi connectivity index (χ2n) is 4.67. The standard InChI is InChI=1S/C15H21N3O2/c1-3-18(4-2)15(19)20-12-5-6-14-13(9-12)11(7-8-16)10-17-14/h5-6,9-10,17H,3-4,7-8,16H2,1-2H3/p+1. The maximum Gasteiger partial charge on any atom is 0.415 e. The number of quaternary nitrogens is 1. The number of benzene rings is 1. The maximum atomic E-state index is 11.9. The van der Waals surface area contributed by atoms with Gasteiger partial charge in [-0.2, -0.15) is 0 Å². The third kappa shape index (κ3) is 2.93. The summed E-state index contributed by atoms with van der Waals surface area (Å²) < 4.78 is 5.43. The van der Waals surface area contributed by atoms with Crippen LogP contribution in [0.3, 0.4) is 0 Å². The fraction of sp³-hybridized carbons (Fsp3) is 0.400. The number of carbonyl (C=O) groups is 1. The number of aromatic amines is 1. The SMILES string of the molecule is CCN(CC)C(=O)Oc1ccc2[nH]cc(CC[NH3+])c2c1. The predicted molar refractivity (Wildman–Crippen MR) is 78.7 cm³/mol. The minimum absolute atomic E-state index is 0.302. The number of rotatable bonds is 5. The van der Waals surface area contributed by atoms with Gasteiger partial charge in [0.15, 0.2) is 0 Å². The molecule has 0 fully saturated rings. The molecule has 1 aromatic heterocycles. The first-order valence-electron chi connectivity index (χ1n) is 7.05. The van der Waals surface area contributed by atoms with Gasteiger partial charge in [-0.1, -0.05) is 0 Å². The zero-order valence-electron chi connectivity index (χ0n) is 12.1. The first-order valence-corrected chi connectivity index (χ1v) is 7.05. The van der Waals surface area contributed by atoms with Gasteiger partial charge in [0.05, 0.1) is 6.54 Å². The molecule has 1 amide bonds. The van der Waals surface area contributed by atoms with Crippen molar-refractivity contribution in [2.75, 3.05) is 19.6 Å². The van der Waals surface area contributed by atoms with E-state index in [1.165, 1.54) is 5.56 Å². The Morgan fingerprint density at radius 2 is 2.10 bits per heavy atom. The third-order valence-electron chi connectivity index (χ3n) is 3.41. The number of H-pyrrole nitrogens is 1. The lowest BCUT2D eigenvalue weighted by atomic mass is 10.1. The highest BCUT2D eigenvalue weighted by molar-refractivity contribution is 5.85. The van der Waals surface area contributed by atoms with Gasteiger partial charge >= 0.3 is 6.09 Å². The summed E-state index contributed by atoms with van der Waals surface area (Å²) >= 11 is 0. The maximum absolute atomic E-state index is 11.9. The van der Waals surface area contributed by atoms with E-state index in [4.69, 9.17) is 4.74 Å². The van der Waals surface area contributed by atoms with Crippen molar-refractivity contribution in [3.8, 4) is 5.75 Å². The first kappa shape index (κ1) is 14.4. The van der Waals surface area contributed by atoms with Crippen molar-refractivity contribution < 1.29 is 15.3 Å². The van der Waals surface area contributed by atoms with Gasteiger partial charge in [-0.3, -0.25) is 0 Å². The first-order chi connectivity index (χ1) is 9.69. The molecule has 0 aliphatic rings. The smallest absolute Gasteiger partial charge is 0.410 e. The molecule has 0 aliphatic heterocycles. The minimum Gasteiger partial charge on any atom is -0.410 e. The normalized spacial score (nSPS) is 10.8. The Labute approximate surface area is 118 Å². The van der Waals surface area contributed by atoms with E-state index in [0.717, 1.165) is 23.9 Å². The third-order valence-corrected chi connectivity index (χ3v) is 3.41. The summed E-state index contributed by atoms with van der Waals surface area (Å²) in [6.45, 7) is 6.01. The van der Waals surface area contributed by atoms with Gasteiger partial charge in [0, 0.05) is 36.6 Å². The second-order valence-corrected chi connectivity index (χ2v) is 4.67. The Morgan fingerprint density at radius 3 is 2.75 bits per heavy atom. The molecule has 0 unspecified atom stereocenters. The van der Waals surface area contributed by atoms with E-state index in [-0.39, 0.29) is 6.09 Å². The number of hydrogen-bond donors (Lipinski definition) is 2. The summed E-state index contributed by atoms with van der Waals surface area (Å²) in [5.41, 5.74) is 6.13. The molecule has 0 spiro atoms. The van der Waals surface area contributed by atoms with Gasteiger partial charge < -0.3 is 20.4 Å². The van der Waals surface area contributed by atoms with Crippen LogP contribution in [0.5, 0.6) is 5.75 Å². The van der Waals surface area contributed by atoms with E-state index in [9.17, 15) is 4.79 Å². The van der Waals surface area contributed by atoms with Crippen LogP contribution in [-0.4, -0.2) is 35.6 Å². The van der Waals surface area contributed by atoms with E-state index in [1.807, 2.05) is 38.2 Å². The number of ether oxygens (including phenoxy) is 1. The molecule has 0 bridgehead atoms. The number of fused-ring (bicyclic) bond motifs is 1. The van der Waals surface area contributed by atoms with Crippen LogP contribution in [0.1, 0.15) is 19.4 Å². The van der Waals surface area contributed by atoms with Crippen molar-refractivity contribution in [1.29, 1.82) is 0 Å². The Kier molecular flexibility index (Phi) is 4.63. The van der Waals surface area contributed by atoms with Gasteiger partial charge in [-0.25, -0.2) is 4.79 Å².